The van der Waals surface area contributed by atoms with Crippen molar-refractivity contribution in [2.24, 2.45) is 7.05 Å². The van der Waals surface area contributed by atoms with E-state index in [1.807, 2.05) is 15.8 Å². The quantitative estimate of drug-likeness (QED) is 0.544. The van der Waals surface area contributed by atoms with Crippen LogP contribution in [-0.2, 0) is 26.6 Å². The summed E-state index contributed by atoms with van der Waals surface area (Å²) < 4.78 is 4.29. The highest BCUT2D eigenvalue weighted by Gasteiger charge is 2.16. The van der Waals surface area contributed by atoms with E-state index in [0.717, 1.165) is 29.0 Å². The van der Waals surface area contributed by atoms with Gasteiger partial charge in [0.1, 0.15) is 4.70 Å². The van der Waals surface area contributed by atoms with Crippen LogP contribution in [0.25, 0.3) is 16.0 Å². The molecule has 0 N–H and O–H groups in total. The van der Waals surface area contributed by atoms with E-state index < -0.39 is 0 Å². The van der Waals surface area contributed by atoms with Crippen molar-refractivity contribution in [3.05, 3.63) is 63.0 Å². The first kappa shape index (κ1) is 16.9. The molecule has 4 rings (SSSR count). The fourth-order valence-corrected chi connectivity index (χ4v) is 4.10. The van der Waals surface area contributed by atoms with Crippen LogP contribution in [0.1, 0.15) is 23.9 Å². The molecule has 0 fully saturated rings. The smallest absolute Gasteiger partial charge is 0.272 e. The molecule has 0 unspecified atom stereocenters. The lowest BCUT2D eigenvalue weighted by Crippen LogP contribution is -2.21. The summed E-state index contributed by atoms with van der Waals surface area (Å²) in [6.07, 6.45) is 1.05. The van der Waals surface area contributed by atoms with Gasteiger partial charge in [-0.05, 0) is 36.0 Å². The molecule has 4 aromatic rings. The Labute approximate surface area is 155 Å². The lowest BCUT2D eigenvalue weighted by Gasteiger charge is -2.16. The predicted molar refractivity (Wildman–Crippen MR) is 105 cm³/mol. The highest BCUT2D eigenvalue weighted by molar-refractivity contribution is 7.17. The second-order valence-electron chi connectivity index (χ2n) is 6.59. The maximum Gasteiger partial charge on any atom is 0.272 e. The molecular formula is C19H21N5OS. The predicted octanol–water partition coefficient (Wildman–Crippen LogP) is 2.84. The summed E-state index contributed by atoms with van der Waals surface area (Å²) in [5, 5.41) is 10.5. The average Bonchev–Trinajstić information content (AvgIpc) is 3.27. The van der Waals surface area contributed by atoms with Crippen LogP contribution in [-0.4, -0.2) is 31.1 Å². The molecule has 6 nitrogen and oxygen atoms in total. The third-order valence-corrected chi connectivity index (χ3v) is 5.58. The summed E-state index contributed by atoms with van der Waals surface area (Å²) in [6.45, 7) is 3.65. The summed E-state index contributed by atoms with van der Waals surface area (Å²) in [6, 6.07) is 10.7. The summed E-state index contributed by atoms with van der Waals surface area (Å²) >= 11 is 1.46. The Morgan fingerprint density at radius 3 is 2.54 bits per heavy atom. The fourth-order valence-electron chi connectivity index (χ4n) is 3.24. The number of hydrogen-bond donors (Lipinski definition) is 0. The van der Waals surface area contributed by atoms with E-state index in [9.17, 15) is 4.79 Å². The van der Waals surface area contributed by atoms with Crippen LogP contribution in [0.5, 0.6) is 0 Å². The van der Waals surface area contributed by atoms with Crippen molar-refractivity contribution in [2.75, 3.05) is 7.05 Å². The molecule has 0 spiro atoms. The Balaban J connectivity index is 1.65. The molecule has 0 aliphatic carbocycles. The van der Waals surface area contributed by atoms with Gasteiger partial charge in [-0.3, -0.25) is 18.7 Å². The van der Waals surface area contributed by atoms with Crippen molar-refractivity contribution in [1.29, 1.82) is 0 Å². The van der Waals surface area contributed by atoms with Crippen LogP contribution >= 0.6 is 11.3 Å². The van der Waals surface area contributed by atoms with E-state index >= 15 is 0 Å². The molecule has 3 aromatic heterocycles. The first-order valence-corrected chi connectivity index (χ1v) is 9.53. The maximum absolute atomic E-state index is 12.4. The maximum atomic E-state index is 12.4. The highest BCUT2D eigenvalue weighted by Crippen LogP contribution is 2.20. The molecule has 7 heteroatoms. The van der Waals surface area contributed by atoms with Crippen LogP contribution in [0, 0.1) is 0 Å². The van der Waals surface area contributed by atoms with Gasteiger partial charge in [-0.1, -0.05) is 31.2 Å². The van der Waals surface area contributed by atoms with E-state index in [-0.39, 0.29) is 5.56 Å². The SMILES string of the molecule is CCc1ccc(CN(C)Cc2nnc3n(C)c(=O)c4sccc4n23)cc1. The van der Waals surface area contributed by atoms with Gasteiger partial charge >= 0.3 is 0 Å². The topological polar surface area (TPSA) is 55.4 Å². The number of benzene rings is 1. The van der Waals surface area contributed by atoms with Crippen LogP contribution in [0.2, 0.25) is 0 Å². The van der Waals surface area contributed by atoms with E-state index in [0.29, 0.717) is 12.3 Å². The van der Waals surface area contributed by atoms with Gasteiger partial charge in [0.05, 0.1) is 12.1 Å². The number of hydrogen-bond acceptors (Lipinski definition) is 5. The minimum atomic E-state index is -0.0224. The van der Waals surface area contributed by atoms with Crippen LogP contribution in [0.15, 0.2) is 40.5 Å². The van der Waals surface area contributed by atoms with Crippen LogP contribution < -0.4 is 5.56 Å². The Morgan fingerprint density at radius 1 is 1.08 bits per heavy atom. The lowest BCUT2D eigenvalue weighted by molar-refractivity contribution is 0.310. The molecule has 0 aliphatic rings. The minimum absolute atomic E-state index is 0.0224. The molecular weight excluding hydrogens is 346 g/mol. The van der Waals surface area contributed by atoms with E-state index in [1.54, 1.807) is 11.6 Å². The molecule has 1 aromatic carbocycles. The van der Waals surface area contributed by atoms with Gasteiger partial charge in [0.25, 0.3) is 5.56 Å². The van der Waals surface area contributed by atoms with E-state index in [2.05, 4.69) is 53.3 Å². The zero-order valence-electron chi connectivity index (χ0n) is 15.1. The lowest BCUT2D eigenvalue weighted by atomic mass is 10.1. The van der Waals surface area contributed by atoms with Gasteiger partial charge in [0, 0.05) is 13.6 Å². The summed E-state index contributed by atoms with van der Waals surface area (Å²) in [7, 11) is 3.82. The van der Waals surface area contributed by atoms with Crippen molar-refractivity contribution >= 4 is 27.3 Å². The van der Waals surface area contributed by atoms with Crippen molar-refractivity contribution in [2.45, 2.75) is 26.4 Å². The molecule has 26 heavy (non-hydrogen) atoms. The van der Waals surface area contributed by atoms with Crippen LogP contribution in [0.3, 0.4) is 0 Å². The third kappa shape index (κ3) is 2.83. The monoisotopic (exact) mass is 367 g/mol. The van der Waals surface area contributed by atoms with Crippen LogP contribution in [0.4, 0.5) is 0 Å². The zero-order chi connectivity index (χ0) is 18.3. The second kappa shape index (κ2) is 6.66. The number of nitrogens with zero attached hydrogens (tertiary/aromatic N) is 5. The number of rotatable bonds is 5. The summed E-state index contributed by atoms with van der Waals surface area (Å²) in [5.74, 6) is 1.42. The minimum Gasteiger partial charge on any atom is -0.295 e. The van der Waals surface area contributed by atoms with Gasteiger partial charge in [-0.15, -0.1) is 21.5 Å². The summed E-state index contributed by atoms with van der Waals surface area (Å²) in [5.41, 5.74) is 3.48. The molecule has 0 bridgehead atoms. The number of aromatic nitrogens is 4. The second-order valence-corrected chi connectivity index (χ2v) is 7.51. The van der Waals surface area contributed by atoms with Crippen molar-refractivity contribution in [3.8, 4) is 0 Å². The molecule has 134 valence electrons. The van der Waals surface area contributed by atoms with Crippen molar-refractivity contribution in [3.63, 3.8) is 0 Å². The standard InChI is InChI=1S/C19H21N5OS/c1-4-13-5-7-14(8-6-13)11-22(2)12-16-20-21-19-23(3)18(25)17-15(24(16)19)9-10-26-17/h5-10H,4,11-12H2,1-3H3. The number of aryl methyl sites for hydroxylation is 2. The molecule has 3 heterocycles. The van der Waals surface area contributed by atoms with Crippen molar-refractivity contribution in [1.82, 2.24) is 24.1 Å². The van der Waals surface area contributed by atoms with Gasteiger partial charge in [0.15, 0.2) is 5.82 Å². The number of thiophene rings is 1. The first-order chi connectivity index (χ1) is 12.6. The van der Waals surface area contributed by atoms with Gasteiger partial charge < -0.3 is 0 Å². The van der Waals surface area contributed by atoms with Crippen molar-refractivity contribution < 1.29 is 0 Å². The average molecular weight is 367 g/mol. The Morgan fingerprint density at radius 2 is 1.81 bits per heavy atom. The first-order valence-electron chi connectivity index (χ1n) is 8.65. The third-order valence-electron chi connectivity index (χ3n) is 4.69. The highest BCUT2D eigenvalue weighted by atomic mass is 32.1. The fraction of sp³-hybridized carbons (Fsp3) is 0.316. The molecule has 0 saturated carbocycles. The van der Waals surface area contributed by atoms with E-state index in [1.165, 1.54) is 22.5 Å². The molecule has 0 atom stereocenters. The van der Waals surface area contributed by atoms with Gasteiger partial charge in [-0.2, -0.15) is 0 Å². The molecule has 0 radical (unpaired) electrons. The molecule has 0 amide bonds. The number of fused-ring (bicyclic) bond motifs is 3. The summed E-state index contributed by atoms with van der Waals surface area (Å²) in [4.78, 5) is 14.6. The largest absolute Gasteiger partial charge is 0.295 e. The Bertz CT molecular complexity index is 1120. The Hall–Kier alpha value is -2.51. The molecule has 0 aliphatic heterocycles. The van der Waals surface area contributed by atoms with Gasteiger partial charge in [-0.25, -0.2) is 0 Å². The molecule has 0 saturated heterocycles. The van der Waals surface area contributed by atoms with Gasteiger partial charge in [0.2, 0.25) is 5.78 Å². The normalized spacial score (nSPS) is 11.8. The zero-order valence-corrected chi connectivity index (χ0v) is 16.0. The van der Waals surface area contributed by atoms with E-state index in [4.69, 9.17) is 0 Å². The Kier molecular flexibility index (Phi) is 4.34.